The quantitative estimate of drug-likeness (QED) is 0.614. The highest BCUT2D eigenvalue weighted by molar-refractivity contribution is 9.10. The van der Waals surface area contributed by atoms with Crippen LogP contribution >= 0.6 is 39.3 Å². The first kappa shape index (κ1) is 15.4. The van der Waals surface area contributed by atoms with Crippen LogP contribution in [-0.4, -0.2) is 18.2 Å². The Morgan fingerprint density at radius 1 is 1.20 bits per heavy atom. The van der Waals surface area contributed by atoms with E-state index in [1.165, 1.54) is 4.90 Å². The molecule has 2 nitrogen and oxygen atoms in total. The molecule has 2 aromatic carbocycles. The molecule has 0 saturated heterocycles. The minimum atomic E-state index is -0.148. The van der Waals surface area contributed by atoms with Gasteiger partial charge in [-0.25, -0.2) is 0 Å². The van der Waals surface area contributed by atoms with Crippen LogP contribution in [0, 0.1) is 0 Å². The summed E-state index contributed by atoms with van der Waals surface area (Å²) < 4.78 is 0.839. The number of halogens is 2. The molecule has 0 radical (unpaired) electrons. The Bertz CT molecular complexity index is 592. The molecular weight excluding hydrogens is 358 g/mol. The van der Waals surface area contributed by atoms with E-state index in [-0.39, 0.29) is 5.91 Å². The van der Waals surface area contributed by atoms with E-state index in [0.29, 0.717) is 17.1 Å². The molecule has 0 saturated carbocycles. The molecule has 1 N–H and O–H groups in total. The largest absolute Gasteiger partial charge is 0.351 e. The predicted molar refractivity (Wildman–Crippen MR) is 88.7 cm³/mol. The highest BCUT2D eigenvalue weighted by atomic mass is 79.9. The fraction of sp³-hybridized carbons (Fsp3) is 0.133. The third kappa shape index (κ3) is 4.54. The maximum atomic E-state index is 12.0. The number of hydrogen-bond donors (Lipinski definition) is 1. The molecule has 1 amide bonds. The average Bonchev–Trinajstić information content (AvgIpc) is 2.47. The number of carbonyl (C=O) groups excluding carboxylic acids is 1. The van der Waals surface area contributed by atoms with Gasteiger partial charge in [0.25, 0.3) is 5.91 Å². The van der Waals surface area contributed by atoms with Crippen molar-refractivity contribution in [2.45, 2.75) is 4.90 Å². The van der Waals surface area contributed by atoms with Gasteiger partial charge in [-0.15, -0.1) is 11.8 Å². The standard InChI is InChI=1S/C15H13BrClNOS/c16-11-6-7-14(17)13(10-11)15(19)18-8-9-20-12-4-2-1-3-5-12/h1-7,10H,8-9H2,(H,18,19). The van der Waals surface area contributed by atoms with Crippen LogP contribution in [0.1, 0.15) is 10.4 Å². The Hall–Kier alpha value is -0.970. The SMILES string of the molecule is O=C(NCCSc1ccccc1)c1cc(Br)ccc1Cl. The second-order valence-corrected chi connectivity index (χ2v) is 6.53. The van der Waals surface area contributed by atoms with Crippen LogP contribution in [-0.2, 0) is 0 Å². The number of carbonyl (C=O) groups is 1. The zero-order chi connectivity index (χ0) is 14.4. The van der Waals surface area contributed by atoms with Gasteiger partial charge in [0.1, 0.15) is 0 Å². The summed E-state index contributed by atoms with van der Waals surface area (Å²) in [7, 11) is 0. The van der Waals surface area contributed by atoms with Crippen molar-refractivity contribution in [1.82, 2.24) is 5.32 Å². The third-order valence-corrected chi connectivity index (χ3v) is 4.41. The van der Waals surface area contributed by atoms with E-state index in [4.69, 9.17) is 11.6 Å². The summed E-state index contributed by atoms with van der Waals surface area (Å²) in [4.78, 5) is 13.2. The van der Waals surface area contributed by atoms with E-state index in [1.54, 1.807) is 23.9 Å². The zero-order valence-electron chi connectivity index (χ0n) is 10.6. The topological polar surface area (TPSA) is 29.1 Å². The van der Waals surface area contributed by atoms with Crippen LogP contribution in [0.2, 0.25) is 5.02 Å². The lowest BCUT2D eigenvalue weighted by molar-refractivity contribution is 0.0956. The van der Waals surface area contributed by atoms with Gasteiger partial charge < -0.3 is 5.32 Å². The summed E-state index contributed by atoms with van der Waals surface area (Å²) in [6.45, 7) is 0.598. The molecular formula is C15H13BrClNOS. The second kappa shape index (κ2) is 7.72. The van der Waals surface area contributed by atoms with Crippen molar-refractivity contribution >= 4 is 45.2 Å². The Labute approximate surface area is 136 Å². The lowest BCUT2D eigenvalue weighted by atomic mass is 10.2. The molecule has 2 rings (SSSR count). The minimum absolute atomic E-state index is 0.148. The first-order valence-electron chi connectivity index (χ1n) is 6.08. The summed E-state index contributed by atoms with van der Waals surface area (Å²) in [6, 6.07) is 15.3. The van der Waals surface area contributed by atoms with E-state index >= 15 is 0 Å². The van der Waals surface area contributed by atoms with Gasteiger partial charge in [0.15, 0.2) is 0 Å². The zero-order valence-corrected chi connectivity index (χ0v) is 13.8. The summed E-state index contributed by atoms with van der Waals surface area (Å²) in [6.07, 6.45) is 0. The van der Waals surface area contributed by atoms with Crippen LogP contribution in [0.4, 0.5) is 0 Å². The predicted octanol–water partition coefficient (Wildman–Crippen LogP) is 4.62. The summed E-state index contributed by atoms with van der Waals surface area (Å²) in [5.74, 6) is 0.673. The monoisotopic (exact) mass is 369 g/mol. The van der Waals surface area contributed by atoms with Gasteiger partial charge in [-0.3, -0.25) is 4.79 Å². The number of thioether (sulfide) groups is 1. The van der Waals surface area contributed by atoms with Crippen molar-refractivity contribution in [2.24, 2.45) is 0 Å². The highest BCUT2D eigenvalue weighted by Crippen LogP contribution is 2.21. The number of hydrogen-bond acceptors (Lipinski definition) is 2. The summed E-state index contributed by atoms with van der Waals surface area (Å²) in [5, 5.41) is 3.33. The first-order chi connectivity index (χ1) is 9.66. The number of rotatable bonds is 5. The molecule has 2 aromatic rings. The lowest BCUT2D eigenvalue weighted by Gasteiger charge is -2.07. The van der Waals surface area contributed by atoms with Crippen LogP contribution in [0.3, 0.4) is 0 Å². The van der Waals surface area contributed by atoms with E-state index in [9.17, 15) is 4.79 Å². The Morgan fingerprint density at radius 3 is 2.70 bits per heavy atom. The smallest absolute Gasteiger partial charge is 0.252 e. The normalized spacial score (nSPS) is 10.3. The molecule has 0 aliphatic carbocycles. The van der Waals surface area contributed by atoms with Crippen molar-refractivity contribution in [3.63, 3.8) is 0 Å². The fourth-order valence-corrected chi connectivity index (χ4v) is 2.97. The molecule has 5 heteroatoms. The number of benzene rings is 2. The molecule has 0 heterocycles. The molecule has 0 aliphatic heterocycles. The highest BCUT2D eigenvalue weighted by Gasteiger charge is 2.10. The first-order valence-corrected chi connectivity index (χ1v) is 8.23. The van der Waals surface area contributed by atoms with Crippen molar-refractivity contribution in [3.8, 4) is 0 Å². The minimum Gasteiger partial charge on any atom is -0.351 e. The Balaban J connectivity index is 1.82. The van der Waals surface area contributed by atoms with Gasteiger partial charge in [0.2, 0.25) is 0 Å². The van der Waals surface area contributed by atoms with E-state index < -0.39 is 0 Å². The summed E-state index contributed by atoms with van der Waals surface area (Å²) in [5.41, 5.74) is 0.491. The maximum Gasteiger partial charge on any atom is 0.252 e. The van der Waals surface area contributed by atoms with Gasteiger partial charge in [-0.05, 0) is 30.3 Å². The van der Waals surface area contributed by atoms with Gasteiger partial charge >= 0.3 is 0 Å². The van der Waals surface area contributed by atoms with Crippen LogP contribution in [0.5, 0.6) is 0 Å². The van der Waals surface area contributed by atoms with Crippen molar-refractivity contribution < 1.29 is 4.79 Å². The van der Waals surface area contributed by atoms with Gasteiger partial charge in [0.05, 0.1) is 10.6 Å². The van der Waals surface area contributed by atoms with Gasteiger partial charge in [-0.1, -0.05) is 45.7 Å². The lowest BCUT2D eigenvalue weighted by Crippen LogP contribution is -2.26. The van der Waals surface area contributed by atoms with E-state index in [2.05, 4.69) is 33.4 Å². The van der Waals surface area contributed by atoms with Gasteiger partial charge in [-0.2, -0.15) is 0 Å². The van der Waals surface area contributed by atoms with Crippen LogP contribution in [0.25, 0.3) is 0 Å². The molecule has 0 aromatic heterocycles. The Kier molecular flexibility index (Phi) is 5.95. The van der Waals surface area contributed by atoms with Crippen molar-refractivity contribution in [3.05, 3.63) is 63.6 Å². The molecule has 0 unspecified atom stereocenters. The van der Waals surface area contributed by atoms with Gasteiger partial charge in [0, 0.05) is 21.7 Å². The molecule has 20 heavy (non-hydrogen) atoms. The molecule has 0 bridgehead atoms. The maximum absolute atomic E-state index is 12.0. The third-order valence-electron chi connectivity index (χ3n) is 2.57. The van der Waals surface area contributed by atoms with E-state index in [1.807, 2.05) is 24.3 Å². The van der Waals surface area contributed by atoms with Crippen molar-refractivity contribution in [2.75, 3.05) is 12.3 Å². The molecule has 0 fully saturated rings. The molecule has 0 spiro atoms. The van der Waals surface area contributed by atoms with Crippen LogP contribution in [0.15, 0.2) is 57.9 Å². The Morgan fingerprint density at radius 2 is 1.95 bits per heavy atom. The average molecular weight is 371 g/mol. The molecule has 0 aliphatic rings. The second-order valence-electron chi connectivity index (χ2n) is 4.04. The molecule has 0 atom stereocenters. The van der Waals surface area contributed by atoms with Crippen molar-refractivity contribution in [1.29, 1.82) is 0 Å². The molecule has 104 valence electrons. The number of nitrogens with one attached hydrogen (secondary N) is 1. The van der Waals surface area contributed by atoms with E-state index in [0.717, 1.165) is 10.2 Å². The van der Waals surface area contributed by atoms with Crippen LogP contribution < -0.4 is 5.32 Å². The summed E-state index contributed by atoms with van der Waals surface area (Å²) >= 11 is 11.1. The number of amides is 1. The fourth-order valence-electron chi connectivity index (χ4n) is 1.62.